The third-order valence-corrected chi connectivity index (χ3v) is 2.00. The van der Waals surface area contributed by atoms with E-state index in [0.29, 0.717) is 5.82 Å². The Labute approximate surface area is 77.9 Å². The predicted molar refractivity (Wildman–Crippen MR) is 47.2 cm³/mol. The summed E-state index contributed by atoms with van der Waals surface area (Å²) in [4.78, 5) is 0. The molecule has 1 N–H and O–H groups in total. The van der Waals surface area contributed by atoms with Crippen LogP contribution in [-0.4, -0.2) is 25.7 Å². The molecule has 0 saturated carbocycles. The minimum atomic E-state index is 0.480. The first kappa shape index (κ1) is 7.19. The lowest BCUT2D eigenvalue weighted by atomic mass is 10.1. The molecule has 0 amide bonds. The molecule has 3 rings (SSSR count). The Balaban J connectivity index is 2.23. The fourth-order valence-corrected chi connectivity index (χ4v) is 1.32. The van der Waals surface area contributed by atoms with Crippen LogP contribution in [0.5, 0.6) is 0 Å². The lowest BCUT2D eigenvalue weighted by molar-refractivity contribution is 0.293. The van der Waals surface area contributed by atoms with Gasteiger partial charge in [0, 0.05) is 10.9 Å². The van der Waals surface area contributed by atoms with Gasteiger partial charge in [-0.1, -0.05) is 5.10 Å². The standard InChI is InChI=1S/C8H5N5O/c1-2-7-6(4-9-10-7)3-5(1)8-11-13-14-12-8/h1-4H,(H,9,10). The topological polar surface area (TPSA) is 80.5 Å². The van der Waals surface area contributed by atoms with Crippen LogP contribution in [-0.2, 0) is 0 Å². The van der Waals surface area contributed by atoms with Gasteiger partial charge in [-0.05, 0) is 23.4 Å². The zero-order valence-corrected chi connectivity index (χ0v) is 7.01. The average Bonchev–Trinajstić information content (AvgIpc) is 2.88. The molecule has 0 atom stereocenters. The molecule has 14 heavy (non-hydrogen) atoms. The molecule has 2 heterocycles. The Morgan fingerprint density at radius 3 is 3.14 bits per heavy atom. The monoisotopic (exact) mass is 187 g/mol. The number of H-pyrrole nitrogens is 1. The first-order chi connectivity index (χ1) is 6.93. The van der Waals surface area contributed by atoms with Gasteiger partial charge in [0.2, 0.25) is 5.82 Å². The maximum Gasteiger partial charge on any atom is 0.226 e. The lowest BCUT2D eigenvalue weighted by Gasteiger charge is -1.92. The second kappa shape index (κ2) is 2.63. The molecule has 0 aliphatic rings. The number of benzene rings is 1. The Kier molecular flexibility index (Phi) is 1.35. The molecule has 0 spiro atoms. The maximum atomic E-state index is 4.43. The smallest absolute Gasteiger partial charge is 0.226 e. The third kappa shape index (κ3) is 0.972. The van der Waals surface area contributed by atoms with Crippen LogP contribution in [0.25, 0.3) is 22.3 Å². The van der Waals surface area contributed by atoms with Crippen molar-refractivity contribution in [2.24, 2.45) is 0 Å². The number of rotatable bonds is 1. The number of hydrogen-bond acceptors (Lipinski definition) is 5. The Hall–Kier alpha value is -2.24. The molecular weight excluding hydrogens is 182 g/mol. The summed E-state index contributed by atoms with van der Waals surface area (Å²) in [7, 11) is 0. The zero-order valence-electron chi connectivity index (χ0n) is 7.01. The summed E-state index contributed by atoms with van der Waals surface area (Å²) >= 11 is 0. The van der Waals surface area contributed by atoms with Crippen molar-refractivity contribution in [1.29, 1.82) is 0 Å². The van der Waals surface area contributed by atoms with Crippen LogP contribution in [0.2, 0.25) is 0 Å². The van der Waals surface area contributed by atoms with E-state index in [-0.39, 0.29) is 0 Å². The van der Waals surface area contributed by atoms with E-state index in [9.17, 15) is 0 Å². The molecule has 1 aromatic carbocycles. The Morgan fingerprint density at radius 1 is 1.29 bits per heavy atom. The van der Waals surface area contributed by atoms with E-state index in [0.717, 1.165) is 16.5 Å². The molecule has 6 nitrogen and oxygen atoms in total. The van der Waals surface area contributed by atoms with Crippen LogP contribution in [0.3, 0.4) is 0 Å². The van der Waals surface area contributed by atoms with Gasteiger partial charge in [-0.15, -0.1) is 0 Å². The zero-order chi connectivity index (χ0) is 9.38. The van der Waals surface area contributed by atoms with E-state index in [1.54, 1.807) is 6.20 Å². The highest BCUT2D eigenvalue weighted by Gasteiger charge is 2.05. The number of hydrogen-bond donors (Lipinski definition) is 1. The molecule has 0 radical (unpaired) electrons. The van der Waals surface area contributed by atoms with Crippen LogP contribution in [0, 0.1) is 0 Å². The van der Waals surface area contributed by atoms with Crippen molar-refractivity contribution in [3.63, 3.8) is 0 Å². The lowest BCUT2D eigenvalue weighted by Crippen LogP contribution is -1.80. The summed E-state index contributed by atoms with van der Waals surface area (Å²) in [5.74, 6) is 0.480. The molecule has 0 unspecified atom stereocenters. The van der Waals surface area contributed by atoms with Gasteiger partial charge in [0.1, 0.15) is 0 Å². The average molecular weight is 187 g/mol. The molecule has 0 aliphatic carbocycles. The van der Waals surface area contributed by atoms with Crippen molar-refractivity contribution < 1.29 is 4.63 Å². The van der Waals surface area contributed by atoms with Crippen molar-refractivity contribution in [1.82, 2.24) is 25.7 Å². The van der Waals surface area contributed by atoms with E-state index in [1.807, 2.05) is 18.2 Å². The van der Waals surface area contributed by atoms with Crippen molar-refractivity contribution in [3.05, 3.63) is 24.4 Å². The SMILES string of the molecule is c1cc2[nH]ncc2cc1-c1nnon1. The number of aromatic amines is 1. The van der Waals surface area contributed by atoms with Crippen molar-refractivity contribution in [2.45, 2.75) is 0 Å². The maximum absolute atomic E-state index is 4.43. The van der Waals surface area contributed by atoms with Gasteiger partial charge >= 0.3 is 0 Å². The highest BCUT2D eigenvalue weighted by Crippen LogP contribution is 2.19. The van der Waals surface area contributed by atoms with E-state index in [2.05, 4.69) is 30.4 Å². The number of aromatic nitrogens is 5. The Bertz CT molecular complexity index is 556. The van der Waals surface area contributed by atoms with Gasteiger partial charge in [0.25, 0.3) is 0 Å². The first-order valence-electron chi connectivity index (χ1n) is 4.02. The summed E-state index contributed by atoms with van der Waals surface area (Å²) in [5, 5.41) is 18.5. The van der Waals surface area contributed by atoms with E-state index in [4.69, 9.17) is 0 Å². The molecule has 68 valence electrons. The third-order valence-electron chi connectivity index (χ3n) is 2.00. The van der Waals surface area contributed by atoms with Gasteiger partial charge in [0.05, 0.1) is 17.0 Å². The fraction of sp³-hybridized carbons (Fsp3) is 0. The summed E-state index contributed by atoms with van der Waals surface area (Å²) in [6.07, 6.45) is 1.74. The van der Waals surface area contributed by atoms with Crippen LogP contribution in [0.4, 0.5) is 0 Å². The second-order valence-corrected chi connectivity index (χ2v) is 2.85. The van der Waals surface area contributed by atoms with Crippen LogP contribution in [0.15, 0.2) is 29.0 Å². The van der Waals surface area contributed by atoms with Crippen molar-refractivity contribution in [2.75, 3.05) is 0 Å². The molecule has 0 saturated heterocycles. The van der Waals surface area contributed by atoms with Gasteiger partial charge in [-0.2, -0.15) is 5.10 Å². The number of fused-ring (bicyclic) bond motifs is 1. The molecular formula is C8H5N5O. The van der Waals surface area contributed by atoms with Gasteiger partial charge in [-0.3, -0.25) is 5.10 Å². The summed E-state index contributed by atoms with van der Waals surface area (Å²) in [6.45, 7) is 0. The molecule has 0 aliphatic heterocycles. The number of nitrogens with zero attached hydrogens (tertiary/aromatic N) is 4. The minimum absolute atomic E-state index is 0.480. The minimum Gasteiger partial charge on any atom is -0.278 e. The predicted octanol–water partition coefficient (Wildman–Crippen LogP) is 1.01. The van der Waals surface area contributed by atoms with Gasteiger partial charge < -0.3 is 0 Å². The van der Waals surface area contributed by atoms with Crippen LogP contribution < -0.4 is 0 Å². The summed E-state index contributed by atoms with van der Waals surface area (Å²) in [6, 6.07) is 5.71. The van der Waals surface area contributed by atoms with Gasteiger partial charge in [0.15, 0.2) is 0 Å². The highest BCUT2D eigenvalue weighted by molar-refractivity contribution is 5.82. The highest BCUT2D eigenvalue weighted by atomic mass is 16.6. The van der Waals surface area contributed by atoms with Gasteiger partial charge in [-0.25, -0.2) is 4.63 Å². The quantitative estimate of drug-likeness (QED) is 0.614. The largest absolute Gasteiger partial charge is 0.278 e. The van der Waals surface area contributed by atoms with E-state index >= 15 is 0 Å². The molecule has 2 aromatic heterocycles. The normalized spacial score (nSPS) is 10.9. The second-order valence-electron chi connectivity index (χ2n) is 2.85. The van der Waals surface area contributed by atoms with E-state index in [1.165, 1.54) is 0 Å². The van der Waals surface area contributed by atoms with Crippen LogP contribution in [0.1, 0.15) is 0 Å². The summed E-state index contributed by atoms with van der Waals surface area (Å²) < 4.78 is 4.43. The molecule has 3 aromatic rings. The molecule has 6 heteroatoms. The number of nitrogens with one attached hydrogen (secondary N) is 1. The Morgan fingerprint density at radius 2 is 2.29 bits per heavy atom. The molecule has 0 bridgehead atoms. The summed E-state index contributed by atoms with van der Waals surface area (Å²) in [5.41, 5.74) is 1.84. The molecule has 0 fully saturated rings. The van der Waals surface area contributed by atoms with Crippen molar-refractivity contribution >= 4 is 10.9 Å². The first-order valence-corrected chi connectivity index (χ1v) is 4.02. The van der Waals surface area contributed by atoms with E-state index < -0.39 is 0 Å². The van der Waals surface area contributed by atoms with Crippen LogP contribution >= 0.6 is 0 Å². The fourth-order valence-electron chi connectivity index (χ4n) is 1.32. The van der Waals surface area contributed by atoms with Crippen molar-refractivity contribution in [3.8, 4) is 11.4 Å².